The van der Waals surface area contributed by atoms with Crippen LogP contribution in [-0.2, 0) is 16.1 Å². The van der Waals surface area contributed by atoms with Gasteiger partial charge in [0.1, 0.15) is 5.01 Å². The summed E-state index contributed by atoms with van der Waals surface area (Å²) in [6, 6.07) is 0. The molecule has 0 bridgehead atoms. The highest BCUT2D eigenvalue weighted by atomic mass is 32.1. The fourth-order valence-corrected chi connectivity index (χ4v) is 4.80. The zero-order valence-corrected chi connectivity index (χ0v) is 13.6. The van der Waals surface area contributed by atoms with Crippen LogP contribution in [0.15, 0.2) is 11.6 Å². The van der Waals surface area contributed by atoms with E-state index >= 15 is 0 Å². The Morgan fingerprint density at radius 2 is 2.23 bits per heavy atom. The lowest BCUT2D eigenvalue weighted by Crippen LogP contribution is -2.52. The molecule has 1 aromatic heterocycles. The van der Waals surface area contributed by atoms with Crippen LogP contribution < -0.4 is 0 Å². The third-order valence-corrected chi connectivity index (χ3v) is 6.01. The number of rotatable bonds is 3. The van der Waals surface area contributed by atoms with Crippen molar-refractivity contribution in [3.8, 4) is 0 Å². The van der Waals surface area contributed by atoms with Crippen molar-refractivity contribution in [2.24, 2.45) is 11.8 Å². The SMILES string of the molecule is O=C([C@@H]1CN(Cc2nccs2)C[C@H]2OCC[C@H]21)N1CCCC1. The molecule has 0 N–H and O–H groups in total. The molecule has 0 unspecified atom stereocenters. The van der Waals surface area contributed by atoms with Gasteiger partial charge in [0.2, 0.25) is 5.91 Å². The van der Waals surface area contributed by atoms with Crippen LogP contribution in [0.1, 0.15) is 24.3 Å². The number of carbonyl (C=O) groups is 1. The Bertz CT molecular complexity index is 515. The van der Waals surface area contributed by atoms with E-state index in [1.807, 2.05) is 11.6 Å². The van der Waals surface area contributed by atoms with E-state index in [1.54, 1.807) is 11.3 Å². The molecule has 3 saturated heterocycles. The number of nitrogens with zero attached hydrogens (tertiary/aromatic N) is 3. The Kier molecular flexibility index (Phi) is 4.15. The second-order valence-corrected chi connectivity index (χ2v) is 7.60. The smallest absolute Gasteiger partial charge is 0.227 e. The van der Waals surface area contributed by atoms with Gasteiger partial charge in [-0.25, -0.2) is 4.98 Å². The van der Waals surface area contributed by atoms with Gasteiger partial charge in [-0.15, -0.1) is 11.3 Å². The number of hydrogen-bond acceptors (Lipinski definition) is 5. The molecule has 1 amide bonds. The first kappa shape index (κ1) is 14.6. The van der Waals surface area contributed by atoms with Crippen LogP contribution in [0, 0.1) is 11.8 Å². The minimum absolute atomic E-state index is 0.110. The first-order valence-electron chi connectivity index (χ1n) is 8.32. The maximum Gasteiger partial charge on any atom is 0.227 e. The molecule has 3 atom stereocenters. The monoisotopic (exact) mass is 321 g/mol. The Morgan fingerprint density at radius 1 is 1.36 bits per heavy atom. The average molecular weight is 321 g/mol. The second kappa shape index (κ2) is 6.26. The fraction of sp³-hybridized carbons (Fsp3) is 0.750. The van der Waals surface area contributed by atoms with Crippen molar-refractivity contribution in [3.63, 3.8) is 0 Å². The summed E-state index contributed by atoms with van der Waals surface area (Å²) in [5.41, 5.74) is 0. The van der Waals surface area contributed by atoms with Gasteiger partial charge in [0.05, 0.1) is 18.6 Å². The summed E-state index contributed by atoms with van der Waals surface area (Å²) in [6.07, 6.45) is 5.44. The van der Waals surface area contributed by atoms with Crippen LogP contribution in [0.4, 0.5) is 0 Å². The maximum atomic E-state index is 12.9. The third-order valence-electron chi connectivity index (χ3n) is 5.25. The third kappa shape index (κ3) is 2.79. The number of aromatic nitrogens is 1. The topological polar surface area (TPSA) is 45.7 Å². The predicted molar refractivity (Wildman–Crippen MR) is 84.5 cm³/mol. The molecule has 22 heavy (non-hydrogen) atoms. The predicted octanol–water partition coefficient (Wildman–Crippen LogP) is 1.60. The number of hydrogen-bond donors (Lipinski definition) is 0. The molecule has 4 rings (SSSR count). The Labute approximate surface area is 135 Å². The quantitative estimate of drug-likeness (QED) is 0.848. The van der Waals surface area contributed by atoms with Crippen LogP contribution in [0.5, 0.6) is 0 Å². The summed E-state index contributed by atoms with van der Waals surface area (Å²) in [6.45, 7) is 5.34. The molecule has 4 heterocycles. The van der Waals surface area contributed by atoms with Gasteiger partial charge in [-0.05, 0) is 19.3 Å². The molecule has 0 aliphatic carbocycles. The van der Waals surface area contributed by atoms with Gasteiger partial charge in [-0.1, -0.05) is 0 Å². The largest absolute Gasteiger partial charge is 0.377 e. The van der Waals surface area contributed by atoms with Crippen LogP contribution in [0.25, 0.3) is 0 Å². The standard InChI is InChI=1S/C16H23N3O2S/c20-16(19-5-1-2-6-19)13-9-18(11-15-17-4-8-22-15)10-14-12(13)3-7-21-14/h4,8,12-14H,1-3,5-7,9-11H2/t12-,13+,14+/m0/s1. The van der Waals surface area contributed by atoms with Crippen molar-refractivity contribution in [3.05, 3.63) is 16.6 Å². The first-order chi connectivity index (χ1) is 10.8. The summed E-state index contributed by atoms with van der Waals surface area (Å²) >= 11 is 1.69. The fourth-order valence-electron chi connectivity index (χ4n) is 4.14. The Morgan fingerprint density at radius 3 is 3.00 bits per heavy atom. The highest BCUT2D eigenvalue weighted by molar-refractivity contribution is 7.09. The molecule has 1 aromatic rings. The molecular formula is C16H23N3O2S. The van der Waals surface area contributed by atoms with Crippen molar-refractivity contribution in [1.82, 2.24) is 14.8 Å². The number of amides is 1. The van der Waals surface area contributed by atoms with Crippen molar-refractivity contribution >= 4 is 17.2 Å². The van der Waals surface area contributed by atoms with Gasteiger partial charge in [-0.3, -0.25) is 9.69 Å². The van der Waals surface area contributed by atoms with Gasteiger partial charge in [-0.2, -0.15) is 0 Å². The summed E-state index contributed by atoms with van der Waals surface area (Å²) in [5.74, 6) is 0.891. The van der Waals surface area contributed by atoms with E-state index < -0.39 is 0 Å². The number of piperidine rings is 1. The summed E-state index contributed by atoms with van der Waals surface area (Å²) in [5, 5.41) is 3.14. The van der Waals surface area contributed by atoms with Crippen molar-refractivity contribution in [1.29, 1.82) is 0 Å². The van der Waals surface area contributed by atoms with E-state index in [-0.39, 0.29) is 12.0 Å². The molecule has 3 aliphatic rings. The van der Waals surface area contributed by atoms with Crippen molar-refractivity contribution in [2.45, 2.75) is 31.9 Å². The minimum Gasteiger partial charge on any atom is -0.377 e. The van der Waals surface area contributed by atoms with Gasteiger partial charge < -0.3 is 9.64 Å². The zero-order valence-electron chi connectivity index (χ0n) is 12.8. The molecular weight excluding hydrogens is 298 g/mol. The highest BCUT2D eigenvalue weighted by Gasteiger charge is 2.45. The van der Waals surface area contributed by atoms with Crippen LogP contribution in [0.3, 0.4) is 0 Å². The Balaban J connectivity index is 1.49. The van der Waals surface area contributed by atoms with E-state index in [1.165, 1.54) is 0 Å². The van der Waals surface area contributed by atoms with E-state index in [0.717, 1.165) is 63.6 Å². The van der Waals surface area contributed by atoms with Gasteiger partial charge >= 0.3 is 0 Å². The molecule has 3 aliphatic heterocycles. The number of thiazole rings is 1. The summed E-state index contributed by atoms with van der Waals surface area (Å²) in [4.78, 5) is 21.7. The van der Waals surface area contributed by atoms with Crippen molar-refractivity contribution < 1.29 is 9.53 Å². The lowest BCUT2D eigenvalue weighted by Gasteiger charge is -2.40. The number of likely N-dealkylation sites (tertiary alicyclic amines) is 2. The molecule has 0 spiro atoms. The normalized spacial score (nSPS) is 32.4. The molecule has 6 heteroatoms. The van der Waals surface area contributed by atoms with Gasteiger partial charge in [0, 0.05) is 50.3 Å². The Hall–Kier alpha value is -0.980. The average Bonchev–Trinajstić information content (AvgIpc) is 3.27. The summed E-state index contributed by atoms with van der Waals surface area (Å²) < 4.78 is 5.92. The van der Waals surface area contributed by atoms with Crippen LogP contribution in [-0.4, -0.2) is 59.6 Å². The summed E-state index contributed by atoms with van der Waals surface area (Å²) in [7, 11) is 0. The minimum atomic E-state index is 0.110. The lowest BCUT2D eigenvalue weighted by atomic mass is 9.82. The van der Waals surface area contributed by atoms with Crippen LogP contribution in [0.2, 0.25) is 0 Å². The molecule has 120 valence electrons. The molecule has 0 saturated carbocycles. The van der Waals surface area contributed by atoms with Crippen molar-refractivity contribution in [2.75, 3.05) is 32.8 Å². The van der Waals surface area contributed by atoms with Gasteiger partial charge in [0.25, 0.3) is 0 Å². The van der Waals surface area contributed by atoms with E-state index in [0.29, 0.717) is 11.8 Å². The number of carbonyl (C=O) groups excluding carboxylic acids is 1. The molecule has 0 aromatic carbocycles. The van der Waals surface area contributed by atoms with E-state index in [2.05, 4.69) is 14.8 Å². The highest BCUT2D eigenvalue weighted by Crippen LogP contribution is 2.35. The lowest BCUT2D eigenvalue weighted by molar-refractivity contribution is -0.140. The second-order valence-electron chi connectivity index (χ2n) is 6.62. The number of ether oxygens (including phenoxy) is 1. The van der Waals surface area contributed by atoms with E-state index in [4.69, 9.17) is 4.74 Å². The van der Waals surface area contributed by atoms with Crippen LogP contribution >= 0.6 is 11.3 Å². The first-order valence-corrected chi connectivity index (χ1v) is 9.20. The van der Waals surface area contributed by atoms with Gasteiger partial charge in [0.15, 0.2) is 0 Å². The molecule has 5 nitrogen and oxygen atoms in total. The maximum absolute atomic E-state index is 12.9. The molecule has 0 radical (unpaired) electrons. The zero-order chi connectivity index (χ0) is 14.9. The molecule has 3 fully saturated rings. The van der Waals surface area contributed by atoms with E-state index in [9.17, 15) is 4.79 Å². The number of fused-ring (bicyclic) bond motifs is 1.